The van der Waals surface area contributed by atoms with E-state index in [1.807, 2.05) is 24.3 Å². The van der Waals surface area contributed by atoms with Crippen molar-refractivity contribution in [1.29, 1.82) is 0 Å². The van der Waals surface area contributed by atoms with Gasteiger partial charge in [0.15, 0.2) is 0 Å². The Morgan fingerprint density at radius 3 is 2.31 bits per heavy atom. The van der Waals surface area contributed by atoms with Crippen molar-refractivity contribution in [3.8, 4) is 5.75 Å². The molecule has 1 aromatic heterocycles. The average molecular weight is 369 g/mol. The number of amides is 1. The minimum atomic E-state index is -0.324. The van der Waals surface area contributed by atoms with E-state index in [2.05, 4.69) is 20.6 Å². The molecule has 0 saturated carbocycles. The molecule has 0 unspecified atom stereocenters. The topological polar surface area (TPSA) is 76.1 Å². The second-order valence-electron chi connectivity index (χ2n) is 5.50. The second kappa shape index (κ2) is 7.84. The summed E-state index contributed by atoms with van der Waals surface area (Å²) in [6, 6.07) is 15.9. The number of carbonyl (C=O) groups excluding carboxylic acids is 1. The molecule has 2 aromatic carbocycles. The lowest BCUT2D eigenvalue weighted by Crippen LogP contribution is -2.15. The summed E-state index contributed by atoms with van der Waals surface area (Å²) in [5.41, 5.74) is 1.73. The normalized spacial score (nSPS) is 10.3. The van der Waals surface area contributed by atoms with Gasteiger partial charge < -0.3 is 15.4 Å². The maximum absolute atomic E-state index is 12.5. The predicted octanol–water partition coefficient (Wildman–Crippen LogP) is 4.44. The number of nitrogens with one attached hydrogen (secondary N) is 2. The van der Waals surface area contributed by atoms with E-state index in [4.69, 9.17) is 16.3 Å². The van der Waals surface area contributed by atoms with E-state index in [9.17, 15) is 4.79 Å². The number of halogens is 1. The highest BCUT2D eigenvalue weighted by atomic mass is 35.5. The number of methoxy groups -OCH3 is 1. The molecule has 0 radical (unpaired) electrons. The molecule has 26 heavy (non-hydrogen) atoms. The van der Waals surface area contributed by atoms with E-state index in [1.54, 1.807) is 44.4 Å². The molecule has 6 nitrogen and oxygen atoms in total. The number of hydrogen-bond donors (Lipinski definition) is 2. The van der Waals surface area contributed by atoms with Crippen molar-refractivity contribution < 1.29 is 9.53 Å². The molecular formula is C19H17ClN4O2. The fourth-order valence-electron chi connectivity index (χ4n) is 2.30. The number of ether oxygens (including phenoxy) is 1. The lowest BCUT2D eigenvalue weighted by atomic mass is 10.2. The van der Waals surface area contributed by atoms with Crippen LogP contribution in [-0.2, 0) is 0 Å². The van der Waals surface area contributed by atoms with E-state index < -0.39 is 0 Å². The molecule has 2 N–H and O–H groups in total. The molecule has 132 valence electrons. The molecule has 0 spiro atoms. The smallest absolute Gasteiger partial charge is 0.274 e. The van der Waals surface area contributed by atoms with Gasteiger partial charge in [-0.05, 0) is 55.5 Å². The number of rotatable bonds is 5. The van der Waals surface area contributed by atoms with Gasteiger partial charge in [-0.1, -0.05) is 11.6 Å². The van der Waals surface area contributed by atoms with Crippen LogP contribution in [0.5, 0.6) is 5.75 Å². The van der Waals surface area contributed by atoms with Crippen LogP contribution in [0.25, 0.3) is 0 Å². The summed E-state index contributed by atoms with van der Waals surface area (Å²) in [7, 11) is 1.61. The summed E-state index contributed by atoms with van der Waals surface area (Å²) in [6.45, 7) is 1.73. The van der Waals surface area contributed by atoms with Gasteiger partial charge in [0.25, 0.3) is 5.91 Å². The van der Waals surface area contributed by atoms with Crippen LogP contribution >= 0.6 is 11.6 Å². The summed E-state index contributed by atoms with van der Waals surface area (Å²) in [6.07, 6.45) is 0. The molecule has 0 aliphatic carbocycles. The molecule has 0 aliphatic heterocycles. The van der Waals surface area contributed by atoms with Crippen molar-refractivity contribution in [1.82, 2.24) is 9.97 Å². The largest absolute Gasteiger partial charge is 0.497 e. The maximum atomic E-state index is 12.5. The highest BCUT2D eigenvalue weighted by molar-refractivity contribution is 6.30. The van der Waals surface area contributed by atoms with Gasteiger partial charge in [-0.15, -0.1) is 0 Å². The van der Waals surface area contributed by atoms with Crippen LogP contribution in [0, 0.1) is 6.92 Å². The SMILES string of the molecule is COc1ccc(Nc2cc(C(=O)Nc3ccc(Cl)cc3)nc(C)n2)cc1. The molecule has 0 fully saturated rings. The Labute approximate surface area is 156 Å². The third-order valence-corrected chi connectivity index (χ3v) is 3.79. The third-order valence-electron chi connectivity index (χ3n) is 3.54. The Balaban J connectivity index is 1.77. The summed E-state index contributed by atoms with van der Waals surface area (Å²) in [4.78, 5) is 21.0. The van der Waals surface area contributed by atoms with Gasteiger partial charge in [0.1, 0.15) is 23.1 Å². The summed E-state index contributed by atoms with van der Waals surface area (Å²) >= 11 is 5.85. The first-order valence-corrected chi connectivity index (χ1v) is 8.25. The fourth-order valence-corrected chi connectivity index (χ4v) is 2.42. The molecule has 0 aliphatic rings. The van der Waals surface area contributed by atoms with Crippen molar-refractivity contribution in [2.24, 2.45) is 0 Å². The van der Waals surface area contributed by atoms with Crippen LogP contribution in [-0.4, -0.2) is 23.0 Å². The number of aryl methyl sites for hydroxylation is 1. The van der Waals surface area contributed by atoms with Gasteiger partial charge in [0, 0.05) is 22.5 Å². The van der Waals surface area contributed by atoms with Gasteiger partial charge in [-0.2, -0.15) is 0 Å². The van der Waals surface area contributed by atoms with Crippen molar-refractivity contribution in [3.63, 3.8) is 0 Å². The monoisotopic (exact) mass is 368 g/mol. The number of carbonyl (C=O) groups is 1. The van der Waals surface area contributed by atoms with E-state index in [0.29, 0.717) is 22.4 Å². The van der Waals surface area contributed by atoms with Gasteiger partial charge >= 0.3 is 0 Å². The standard InChI is InChI=1S/C19H17ClN4O2/c1-12-21-17(19(25)24-15-5-3-13(20)4-6-15)11-18(22-12)23-14-7-9-16(26-2)10-8-14/h3-11H,1-2H3,(H,24,25)(H,21,22,23). The lowest BCUT2D eigenvalue weighted by molar-refractivity contribution is 0.102. The van der Waals surface area contributed by atoms with Crippen molar-refractivity contribution in [2.75, 3.05) is 17.7 Å². The van der Waals surface area contributed by atoms with Gasteiger partial charge in [0.2, 0.25) is 0 Å². The van der Waals surface area contributed by atoms with Crippen LogP contribution in [0.4, 0.5) is 17.2 Å². The molecule has 0 atom stereocenters. The first kappa shape index (κ1) is 17.7. The molecule has 0 bridgehead atoms. The highest BCUT2D eigenvalue weighted by Gasteiger charge is 2.11. The Kier molecular flexibility index (Phi) is 5.34. The predicted molar refractivity (Wildman–Crippen MR) is 102 cm³/mol. The van der Waals surface area contributed by atoms with Crippen LogP contribution in [0.15, 0.2) is 54.6 Å². The Hall–Kier alpha value is -3.12. The van der Waals surface area contributed by atoms with Gasteiger partial charge in [-0.3, -0.25) is 4.79 Å². The van der Waals surface area contributed by atoms with Crippen molar-refractivity contribution >= 4 is 34.7 Å². The van der Waals surface area contributed by atoms with Crippen molar-refractivity contribution in [3.05, 3.63) is 71.1 Å². The summed E-state index contributed by atoms with van der Waals surface area (Å²) in [5.74, 6) is 1.46. The molecule has 0 saturated heterocycles. The zero-order valence-corrected chi connectivity index (χ0v) is 15.0. The van der Waals surface area contributed by atoms with Crippen LogP contribution in [0.1, 0.15) is 16.3 Å². The van der Waals surface area contributed by atoms with Gasteiger partial charge in [-0.25, -0.2) is 9.97 Å². The first-order valence-electron chi connectivity index (χ1n) is 7.87. The average Bonchev–Trinajstić information content (AvgIpc) is 2.64. The third kappa shape index (κ3) is 4.49. The van der Waals surface area contributed by atoms with Crippen LogP contribution < -0.4 is 15.4 Å². The Bertz CT molecular complexity index is 912. The minimum Gasteiger partial charge on any atom is -0.497 e. The maximum Gasteiger partial charge on any atom is 0.274 e. The first-order chi connectivity index (χ1) is 12.5. The second-order valence-corrected chi connectivity index (χ2v) is 5.94. The molecular weight excluding hydrogens is 352 g/mol. The molecule has 3 rings (SSSR count). The van der Waals surface area contributed by atoms with E-state index in [-0.39, 0.29) is 11.6 Å². The van der Waals surface area contributed by atoms with E-state index >= 15 is 0 Å². The van der Waals surface area contributed by atoms with Crippen LogP contribution in [0.2, 0.25) is 5.02 Å². The number of aromatic nitrogens is 2. The number of benzene rings is 2. The number of anilines is 3. The minimum absolute atomic E-state index is 0.267. The molecule has 1 heterocycles. The number of hydrogen-bond acceptors (Lipinski definition) is 5. The summed E-state index contributed by atoms with van der Waals surface area (Å²) < 4.78 is 5.14. The highest BCUT2D eigenvalue weighted by Crippen LogP contribution is 2.20. The summed E-state index contributed by atoms with van der Waals surface area (Å²) in [5, 5.41) is 6.55. The van der Waals surface area contributed by atoms with E-state index in [1.165, 1.54) is 0 Å². The van der Waals surface area contributed by atoms with Crippen molar-refractivity contribution in [2.45, 2.75) is 6.92 Å². The quantitative estimate of drug-likeness (QED) is 0.696. The molecule has 7 heteroatoms. The zero-order valence-electron chi connectivity index (χ0n) is 14.3. The molecule has 1 amide bonds. The number of nitrogens with zero attached hydrogens (tertiary/aromatic N) is 2. The Morgan fingerprint density at radius 1 is 1.00 bits per heavy atom. The molecule has 3 aromatic rings. The van der Waals surface area contributed by atoms with E-state index in [0.717, 1.165) is 11.4 Å². The zero-order chi connectivity index (χ0) is 18.5. The lowest BCUT2D eigenvalue weighted by Gasteiger charge is -2.10. The van der Waals surface area contributed by atoms with Crippen LogP contribution in [0.3, 0.4) is 0 Å². The van der Waals surface area contributed by atoms with Gasteiger partial charge in [0.05, 0.1) is 7.11 Å². The Morgan fingerprint density at radius 2 is 1.65 bits per heavy atom. The fraction of sp³-hybridized carbons (Fsp3) is 0.105.